The molecule has 0 fully saturated rings. The zero-order chi connectivity index (χ0) is 24.7. The first-order valence-electron chi connectivity index (χ1n) is 12.2. The van der Waals surface area contributed by atoms with Crippen LogP contribution < -0.4 is 4.74 Å². The minimum atomic E-state index is -0.359. The van der Waals surface area contributed by atoms with Crippen molar-refractivity contribution in [2.45, 2.75) is 72.5 Å². The minimum Gasteiger partial charge on any atom is -0.488 e. The van der Waals surface area contributed by atoms with E-state index in [0.29, 0.717) is 12.4 Å². The Bertz CT molecular complexity index is 1120. The zero-order valence-corrected chi connectivity index (χ0v) is 20.9. The number of rotatable bonds is 10. The van der Waals surface area contributed by atoms with Crippen molar-refractivity contribution >= 4 is 6.08 Å². The van der Waals surface area contributed by atoms with Crippen LogP contribution in [0.5, 0.6) is 5.75 Å². The number of pyridine rings is 1. The molecule has 4 heteroatoms. The first-order valence-corrected chi connectivity index (χ1v) is 12.2. The van der Waals surface area contributed by atoms with E-state index in [4.69, 9.17) is 9.72 Å². The molecule has 3 rings (SSSR count). The molecule has 0 saturated carbocycles. The lowest BCUT2D eigenvalue weighted by Crippen LogP contribution is -2.11. The molecule has 0 aliphatic heterocycles. The number of aromatic nitrogens is 1. The molecule has 0 aliphatic rings. The summed E-state index contributed by atoms with van der Waals surface area (Å²) in [6.07, 6.45) is 6.23. The number of unbranched alkanes of at least 4 members (excludes halogenated alkanes) is 1. The number of ether oxygens (including phenoxy) is 1. The van der Waals surface area contributed by atoms with E-state index in [-0.39, 0.29) is 24.3 Å². The van der Waals surface area contributed by atoms with Gasteiger partial charge in [-0.25, -0.2) is 4.39 Å². The Morgan fingerprint density at radius 1 is 1.00 bits per heavy atom. The van der Waals surface area contributed by atoms with Gasteiger partial charge in [-0.3, -0.25) is 4.98 Å². The maximum Gasteiger partial charge on any atom is 0.130 e. The molecule has 2 aromatic carbocycles. The Morgan fingerprint density at radius 3 is 2.32 bits per heavy atom. The van der Waals surface area contributed by atoms with Crippen molar-refractivity contribution in [1.82, 2.24) is 4.98 Å². The molecule has 0 unspecified atom stereocenters. The molecule has 0 spiro atoms. The average Bonchev–Trinajstić information content (AvgIpc) is 2.82. The number of aliphatic hydroxyl groups excluding tert-OH is 1. The third kappa shape index (κ3) is 5.92. The van der Waals surface area contributed by atoms with Crippen molar-refractivity contribution in [2.75, 3.05) is 0 Å². The molecule has 0 saturated heterocycles. The minimum absolute atomic E-state index is 0.126. The second-order valence-electron chi connectivity index (χ2n) is 9.22. The second kappa shape index (κ2) is 11.9. The van der Waals surface area contributed by atoms with Gasteiger partial charge in [-0.05, 0) is 36.0 Å². The third-order valence-electron chi connectivity index (χ3n) is 5.84. The highest BCUT2D eigenvalue weighted by Gasteiger charge is 2.24. The number of hydrogen-bond acceptors (Lipinski definition) is 3. The van der Waals surface area contributed by atoms with Crippen molar-refractivity contribution in [1.29, 1.82) is 0 Å². The number of nitrogens with zero attached hydrogens (tertiary/aromatic N) is 1. The molecule has 1 aromatic heterocycles. The molecule has 180 valence electrons. The second-order valence-corrected chi connectivity index (χ2v) is 9.22. The summed E-state index contributed by atoms with van der Waals surface area (Å²) >= 11 is 0. The van der Waals surface area contributed by atoms with E-state index in [1.54, 1.807) is 6.07 Å². The SMILES string of the molecule is CCCC=Cc1c(C(C)C)nc(C(C)C)c(CO)c1-c1ccc(F)cc1OCc1ccccc1. The highest BCUT2D eigenvalue weighted by molar-refractivity contribution is 5.83. The number of benzene rings is 2. The molecule has 34 heavy (non-hydrogen) atoms. The van der Waals surface area contributed by atoms with E-state index in [9.17, 15) is 9.50 Å². The normalized spacial score (nSPS) is 11.7. The standard InChI is InChI=1S/C30H36FNO2/c1-6-7-9-14-25-28(26(18-33)30(21(4)5)32-29(25)20(2)3)24-16-15-23(31)17-27(24)34-19-22-12-10-8-11-13-22/h8-17,20-21,33H,6-7,18-19H2,1-5H3. The quantitative estimate of drug-likeness (QED) is 0.332. The molecule has 1 N–H and O–H groups in total. The molecule has 3 nitrogen and oxygen atoms in total. The summed E-state index contributed by atoms with van der Waals surface area (Å²) in [5.41, 5.74) is 6.22. The Hall–Kier alpha value is -2.98. The molecule has 0 bridgehead atoms. The van der Waals surface area contributed by atoms with Crippen LogP contribution in [0.2, 0.25) is 0 Å². The fourth-order valence-corrected chi connectivity index (χ4v) is 4.16. The van der Waals surface area contributed by atoms with Gasteiger partial charge in [0, 0.05) is 34.0 Å². The summed E-state index contributed by atoms with van der Waals surface area (Å²) in [7, 11) is 0. The van der Waals surface area contributed by atoms with Gasteiger partial charge in [0.1, 0.15) is 18.2 Å². The number of aliphatic hydroxyl groups is 1. The topological polar surface area (TPSA) is 42.4 Å². The lowest BCUT2D eigenvalue weighted by molar-refractivity contribution is 0.279. The monoisotopic (exact) mass is 461 g/mol. The molecule has 0 radical (unpaired) electrons. The molecule has 0 amide bonds. The van der Waals surface area contributed by atoms with Crippen molar-refractivity contribution in [2.24, 2.45) is 0 Å². The van der Waals surface area contributed by atoms with E-state index >= 15 is 0 Å². The molecule has 0 atom stereocenters. The van der Waals surface area contributed by atoms with E-state index in [1.807, 2.05) is 30.3 Å². The fourth-order valence-electron chi connectivity index (χ4n) is 4.16. The van der Waals surface area contributed by atoms with Crippen molar-refractivity contribution in [3.05, 3.63) is 88.5 Å². The van der Waals surface area contributed by atoms with Crippen molar-refractivity contribution < 1.29 is 14.2 Å². The Morgan fingerprint density at radius 2 is 1.71 bits per heavy atom. The van der Waals surface area contributed by atoms with Crippen LogP contribution in [0.25, 0.3) is 17.2 Å². The van der Waals surface area contributed by atoms with Gasteiger partial charge in [0.05, 0.1) is 12.3 Å². The van der Waals surface area contributed by atoms with Crippen LogP contribution in [0, 0.1) is 5.82 Å². The van der Waals surface area contributed by atoms with E-state index < -0.39 is 0 Å². The zero-order valence-electron chi connectivity index (χ0n) is 20.9. The van der Waals surface area contributed by atoms with E-state index in [2.05, 4.69) is 46.8 Å². The van der Waals surface area contributed by atoms with Crippen LogP contribution in [-0.4, -0.2) is 10.1 Å². The van der Waals surface area contributed by atoms with Gasteiger partial charge < -0.3 is 9.84 Å². The largest absolute Gasteiger partial charge is 0.488 e. The number of halogens is 1. The Balaban J connectivity index is 2.28. The van der Waals surface area contributed by atoms with Gasteiger partial charge >= 0.3 is 0 Å². The van der Waals surface area contributed by atoms with Crippen LogP contribution in [0.3, 0.4) is 0 Å². The molecular weight excluding hydrogens is 425 g/mol. The van der Waals surface area contributed by atoms with Gasteiger partial charge in [-0.2, -0.15) is 0 Å². The molecule has 0 aliphatic carbocycles. The van der Waals surface area contributed by atoms with Gasteiger partial charge in [-0.15, -0.1) is 0 Å². The Labute approximate surface area is 203 Å². The van der Waals surface area contributed by atoms with E-state index in [1.165, 1.54) is 12.1 Å². The predicted molar refractivity (Wildman–Crippen MR) is 138 cm³/mol. The fraction of sp³-hybridized carbons (Fsp3) is 0.367. The lowest BCUT2D eigenvalue weighted by Gasteiger charge is -2.24. The summed E-state index contributed by atoms with van der Waals surface area (Å²) in [6, 6.07) is 14.5. The van der Waals surface area contributed by atoms with Crippen LogP contribution in [0.1, 0.15) is 87.4 Å². The van der Waals surface area contributed by atoms with Gasteiger partial charge in [-0.1, -0.05) is 83.5 Å². The maximum absolute atomic E-state index is 14.4. The van der Waals surface area contributed by atoms with Crippen LogP contribution in [-0.2, 0) is 13.2 Å². The number of allylic oxidation sites excluding steroid dienone is 1. The summed E-state index contributed by atoms with van der Waals surface area (Å²) in [5.74, 6) is 0.405. The lowest BCUT2D eigenvalue weighted by atomic mass is 9.86. The summed E-state index contributed by atoms with van der Waals surface area (Å²) < 4.78 is 20.6. The predicted octanol–water partition coefficient (Wildman–Crippen LogP) is 8.02. The van der Waals surface area contributed by atoms with Crippen molar-refractivity contribution in [3.8, 4) is 16.9 Å². The number of hydrogen-bond donors (Lipinski definition) is 1. The summed E-state index contributed by atoms with van der Waals surface area (Å²) in [5, 5.41) is 10.5. The van der Waals surface area contributed by atoms with Gasteiger partial charge in [0.2, 0.25) is 0 Å². The van der Waals surface area contributed by atoms with Crippen LogP contribution in [0.15, 0.2) is 54.6 Å². The highest BCUT2D eigenvalue weighted by Crippen LogP contribution is 2.41. The Kier molecular flexibility index (Phi) is 9.00. The molecule has 1 heterocycles. The molecule has 3 aromatic rings. The highest BCUT2D eigenvalue weighted by atomic mass is 19.1. The van der Waals surface area contributed by atoms with Gasteiger partial charge in [0.15, 0.2) is 0 Å². The van der Waals surface area contributed by atoms with Crippen LogP contribution >= 0.6 is 0 Å². The summed E-state index contributed by atoms with van der Waals surface area (Å²) in [4.78, 5) is 5.02. The third-order valence-corrected chi connectivity index (χ3v) is 5.84. The first-order chi connectivity index (χ1) is 16.4. The van der Waals surface area contributed by atoms with E-state index in [0.717, 1.165) is 52.0 Å². The van der Waals surface area contributed by atoms with Crippen LogP contribution in [0.4, 0.5) is 4.39 Å². The van der Waals surface area contributed by atoms with Crippen molar-refractivity contribution in [3.63, 3.8) is 0 Å². The maximum atomic E-state index is 14.4. The summed E-state index contributed by atoms with van der Waals surface area (Å²) in [6.45, 7) is 10.7. The average molecular weight is 462 g/mol. The molecular formula is C30H36FNO2. The smallest absolute Gasteiger partial charge is 0.130 e. The first kappa shape index (κ1) is 25.6. The van der Waals surface area contributed by atoms with Gasteiger partial charge in [0.25, 0.3) is 0 Å².